The van der Waals surface area contributed by atoms with Crippen LogP contribution in [-0.2, 0) is 9.47 Å². The zero-order valence-corrected chi connectivity index (χ0v) is 21.5. The van der Waals surface area contributed by atoms with Crippen LogP contribution in [0.25, 0.3) is 0 Å². The molecule has 0 bridgehead atoms. The first-order valence-corrected chi connectivity index (χ1v) is 13.7. The van der Waals surface area contributed by atoms with Crippen molar-refractivity contribution in [3.8, 4) is 0 Å². The minimum Gasteiger partial charge on any atom is -0.393 e. The molecule has 3 heteroatoms. The van der Waals surface area contributed by atoms with Gasteiger partial charge in [0.2, 0.25) is 0 Å². The van der Waals surface area contributed by atoms with Crippen molar-refractivity contribution in [1.82, 2.24) is 0 Å². The lowest BCUT2D eigenvalue weighted by atomic mass is 9.46. The molecule has 1 heterocycles. The van der Waals surface area contributed by atoms with Gasteiger partial charge in [0, 0.05) is 13.7 Å². The summed E-state index contributed by atoms with van der Waals surface area (Å²) in [6, 6.07) is 0. The zero-order valence-electron chi connectivity index (χ0n) is 21.5. The largest absolute Gasteiger partial charge is 0.393 e. The molecule has 1 saturated heterocycles. The van der Waals surface area contributed by atoms with E-state index in [9.17, 15) is 5.11 Å². The Morgan fingerprint density at radius 3 is 2.72 bits per heavy atom. The summed E-state index contributed by atoms with van der Waals surface area (Å²) in [5.74, 6) is 4.36. The first-order chi connectivity index (χ1) is 15.1. The smallest absolute Gasteiger partial charge is 0.0687 e. The van der Waals surface area contributed by atoms with Gasteiger partial charge in [0.05, 0.1) is 17.8 Å². The number of hydrogen-bond donors (Lipinski definition) is 1. The molecule has 0 aromatic carbocycles. The first-order valence-electron chi connectivity index (χ1n) is 13.7. The number of ether oxygens (including phenoxy) is 2. The molecular formula is C29H48O3. The van der Waals surface area contributed by atoms with E-state index in [1.54, 1.807) is 5.57 Å². The Bertz CT molecular complexity index is 747. The predicted octanol–water partition coefficient (Wildman–Crippen LogP) is 6.39. The Morgan fingerprint density at radius 2 is 1.97 bits per heavy atom. The van der Waals surface area contributed by atoms with Gasteiger partial charge >= 0.3 is 0 Å². The van der Waals surface area contributed by atoms with E-state index in [0.29, 0.717) is 34.7 Å². The van der Waals surface area contributed by atoms with Crippen molar-refractivity contribution in [2.75, 3.05) is 13.7 Å². The van der Waals surface area contributed by atoms with Crippen molar-refractivity contribution in [3.63, 3.8) is 0 Å². The van der Waals surface area contributed by atoms with Gasteiger partial charge in [-0.2, -0.15) is 0 Å². The second-order valence-electron chi connectivity index (χ2n) is 13.3. The highest BCUT2D eigenvalue weighted by atomic mass is 16.5. The molecule has 4 fully saturated rings. The van der Waals surface area contributed by atoms with Crippen LogP contribution >= 0.6 is 0 Å². The SMILES string of the molecule is COC[C@H](C)CCC1(C)OC2CC3C4CC=C5CC(O)CCC5(C)C4CCC3(C)C2[C@@H]1C. The Kier molecular flexibility index (Phi) is 5.91. The highest BCUT2D eigenvalue weighted by molar-refractivity contribution is 5.26. The van der Waals surface area contributed by atoms with Crippen molar-refractivity contribution < 1.29 is 14.6 Å². The van der Waals surface area contributed by atoms with Crippen molar-refractivity contribution in [2.45, 2.75) is 110 Å². The van der Waals surface area contributed by atoms with Crippen LogP contribution in [0.1, 0.15) is 92.4 Å². The van der Waals surface area contributed by atoms with Crippen LogP contribution in [0.4, 0.5) is 0 Å². The van der Waals surface area contributed by atoms with Crippen LogP contribution in [-0.4, -0.2) is 36.6 Å². The maximum absolute atomic E-state index is 10.3. The fourth-order valence-electron chi connectivity index (χ4n) is 9.70. The molecule has 1 aliphatic heterocycles. The molecule has 9 unspecified atom stereocenters. The molecule has 182 valence electrons. The van der Waals surface area contributed by atoms with Gasteiger partial charge in [-0.3, -0.25) is 0 Å². The second-order valence-corrected chi connectivity index (χ2v) is 13.3. The minimum atomic E-state index is -0.107. The van der Waals surface area contributed by atoms with Gasteiger partial charge in [-0.1, -0.05) is 39.3 Å². The number of aliphatic hydroxyl groups is 1. The number of allylic oxidation sites excluding steroid dienone is 1. The van der Waals surface area contributed by atoms with Gasteiger partial charge in [0.25, 0.3) is 0 Å². The van der Waals surface area contributed by atoms with Crippen LogP contribution in [0.15, 0.2) is 11.6 Å². The Labute approximate surface area is 196 Å². The number of fused-ring (bicyclic) bond motifs is 7. The third-order valence-electron chi connectivity index (χ3n) is 11.7. The van der Waals surface area contributed by atoms with Gasteiger partial charge in [-0.25, -0.2) is 0 Å². The summed E-state index contributed by atoms with van der Waals surface area (Å²) >= 11 is 0. The van der Waals surface area contributed by atoms with E-state index in [1.165, 1.54) is 38.5 Å². The van der Waals surface area contributed by atoms with Crippen LogP contribution in [0, 0.1) is 46.3 Å². The summed E-state index contributed by atoms with van der Waals surface area (Å²) in [5.41, 5.74) is 2.37. The number of aliphatic hydroxyl groups excluding tert-OH is 1. The van der Waals surface area contributed by atoms with Crippen LogP contribution < -0.4 is 0 Å². The Balaban J connectivity index is 1.34. The van der Waals surface area contributed by atoms with E-state index in [-0.39, 0.29) is 11.7 Å². The molecular weight excluding hydrogens is 396 g/mol. The minimum absolute atomic E-state index is 0.0211. The fraction of sp³-hybridized carbons (Fsp3) is 0.931. The van der Waals surface area contributed by atoms with Gasteiger partial charge in [0.15, 0.2) is 0 Å². The monoisotopic (exact) mass is 444 g/mol. The summed E-state index contributed by atoms with van der Waals surface area (Å²) in [4.78, 5) is 0. The number of hydrogen-bond acceptors (Lipinski definition) is 3. The number of rotatable bonds is 5. The molecule has 5 aliphatic rings. The summed E-state index contributed by atoms with van der Waals surface area (Å²) in [6.07, 6.45) is 13.6. The molecule has 3 nitrogen and oxygen atoms in total. The highest BCUT2D eigenvalue weighted by Gasteiger charge is 2.66. The average Bonchev–Trinajstić information content (AvgIpc) is 3.17. The molecule has 32 heavy (non-hydrogen) atoms. The second kappa shape index (κ2) is 8.09. The van der Waals surface area contributed by atoms with Gasteiger partial charge in [0.1, 0.15) is 0 Å². The molecule has 3 saturated carbocycles. The van der Waals surface area contributed by atoms with E-state index in [4.69, 9.17) is 9.47 Å². The zero-order chi connectivity index (χ0) is 22.9. The van der Waals surface area contributed by atoms with Crippen molar-refractivity contribution in [3.05, 3.63) is 11.6 Å². The highest BCUT2D eigenvalue weighted by Crippen LogP contribution is 2.70. The maximum Gasteiger partial charge on any atom is 0.0687 e. The Morgan fingerprint density at radius 1 is 1.19 bits per heavy atom. The van der Waals surface area contributed by atoms with E-state index in [0.717, 1.165) is 43.6 Å². The third kappa shape index (κ3) is 3.39. The molecule has 0 aromatic rings. The molecule has 11 atom stereocenters. The average molecular weight is 445 g/mol. The van der Waals surface area contributed by atoms with Crippen LogP contribution in [0.2, 0.25) is 0 Å². The summed E-state index contributed by atoms with van der Waals surface area (Å²) in [6.45, 7) is 13.3. The quantitative estimate of drug-likeness (QED) is 0.499. The lowest BCUT2D eigenvalue weighted by molar-refractivity contribution is -0.0796. The molecule has 5 rings (SSSR count). The normalized spacial score (nSPS) is 53.1. The maximum atomic E-state index is 10.3. The lowest BCUT2D eigenvalue weighted by Crippen LogP contribution is -2.51. The Hall–Kier alpha value is -0.380. The van der Waals surface area contributed by atoms with Crippen molar-refractivity contribution >= 4 is 0 Å². The lowest BCUT2D eigenvalue weighted by Gasteiger charge is -2.58. The third-order valence-corrected chi connectivity index (χ3v) is 11.7. The van der Waals surface area contributed by atoms with Crippen molar-refractivity contribution in [1.29, 1.82) is 0 Å². The molecule has 0 radical (unpaired) electrons. The molecule has 0 spiro atoms. The number of methoxy groups -OCH3 is 1. The van der Waals surface area contributed by atoms with Gasteiger partial charge in [-0.05, 0) is 111 Å². The summed E-state index contributed by atoms with van der Waals surface area (Å²) in [7, 11) is 1.81. The topological polar surface area (TPSA) is 38.7 Å². The molecule has 1 N–H and O–H groups in total. The summed E-state index contributed by atoms with van der Waals surface area (Å²) < 4.78 is 12.4. The predicted molar refractivity (Wildman–Crippen MR) is 129 cm³/mol. The van der Waals surface area contributed by atoms with E-state index in [1.807, 2.05) is 7.11 Å². The van der Waals surface area contributed by atoms with Gasteiger partial charge in [-0.15, -0.1) is 0 Å². The van der Waals surface area contributed by atoms with Crippen LogP contribution in [0.3, 0.4) is 0 Å². The molecule has 4 aliphatic carbocycles. The first kappa shape index (κ1) is 23.4. The van der Waals surface area contributed by atoms with E-state index in [2.05, 4.69) is 40.7 Å². The fourth-order valence-corrected chi connectivity index (χ4v) is 9.70. The molecule has 0 aromatic heterocycles. The standard InChI is InChI=1S/C29H48O3/c1-18(17-31-6)9-14-29(5)19(2)26-25(32-29)16-24-22-8-7-20-15-21(30)10-12-27(20,3)23(22)11-13-28(24,26)4/h7,18-19,21-26,30H,8-17H2,1-6H3/t18-,19+,21?,22?,23?,24?,25?,26?,27?,28?,29?/m1/s1. The van der Waals surface area contributed by atoms with Crippen molar-refractivity contribution in [2.24, 2.45) is 46.3 Å². The van der Waals surface area contributed by atoms with Gasteiger partial charge < -0.3 is 14.6 Å². The van der Waals surface area contributed by atoms with E-state index < -0.39 is 0 Å². The van der Waals surface area contributed by atoms with E-state index >= 15 is 0 Å². The molecule has 0 amide bonds. The summed E-state index contributed by atoms with van der Waals surface area (Å²) in [5, 5.41) is 10.3. The van der Waals surface area contributed by atoms with Crippen LogP contribution in [0.5, 0.6) is 0 Å².